The molecule has 0 aromatic heterocycles. The second kappa shape index (κ2) is 8.81. The van der Waals surface area contributed by atoms with Crippen molar-refractivity contribution in [3.8, 4) is 0 Å². The highest BCUT2D eigenvalue weighted by atomic mass is 16.6. The van der Waals surface area contributed by atoms with E-state index in [0.717, 1.165) is 0 Å². The van der Waals surface area contributed by atoms with Gasteiger partial charge in [0.2, 0.25) is 6.41 Å². The molecule has 0 aliphatic rings. The summed E-state index contributed by atoms with van der Waals surface area (Å²) in [6.07, 6.45) is -0.463. The quantitative estimate of drug-likeness (QED) is 0.487. The summed E-state index contributed by atoms with van der Waals surface area (Å²) in [7, 11) is 0. The van der Waals surface area contributed by atoms with Gasteiger partial charge in [-0.25, -0.2) is 4.79 Å². The summed E-state index contributed by atoms with van der Waals surface area (Å²) >= 11 is 0. The molecule has 0 saturated carbocycles. The Hall–Kier alpha value is -2.90. The van der Waals surface area contributed by atoms with Crippen molar-refractivity contribution in [2.45, 2.75) is 39.2 Å². The maximum Gasteiger partial charge on any atom is 0.407 e. The van der Waals surface area contributed by atoms with E-state index in [4.69, 9.17) is 9.84 Å². The fourth-order valence-corrected chi connectivity index (χ4v) is 2.02. The number of benzene rings is 1. The molecule has 1 rings (SSSR count). The third-order valence-corrected chi connectivity index (χ3v) is 2.97. The minimum Gasteiger partial charge on any atom is -0.481 e. The SMILES string of the molecule is CC(C)(C)OC(=O)NCCC(=O)c1cc(CC(=O)O)ccc1NC=O. The number of carboxylic acid groups (broad SMARTS) is 1. The van der Waals surface area contributed by atoms with Crippen molar-refractivity contribution in [2.75, 3.05) is 11.9 Å². The van der Waals surface area contributed by atoms with E-state index in [1.54, 1.807) is 20.8 Å². The number of Topliss-reactive ketones (excluding diaryl/α,β-unsaturated/α-hetero) is 1. The van der Waals surface area contributed by atoms with Crippen LogP contribution < -0.4 is 10.6 Å². The molecule has 0 atom stereocenters. The van der Waals surface area contributed by atoms with Gasteiger partial charge < -0.3 is 20.5 Å². The first kappa shape index (κ1) is 20.1. The Morgan fingerprint density at radius 3 is 2.48 bits per heavy atom. The monoisotopic (exact) mass is 350 g/mol. The zero-order valence-electron chi connectivity index (χ0n) is 14.4. The van der Waals surface area contributed by atoms with Gasteiger partial charge in [-0.2, -0.15) is 0 Å². The lowest BCUT2D eigenvalue weighted by Gasteiger charge is -2.19. The summed E-state index contributed by atoms with van der Waals surface area (Å²) in [6.45, 7) is 5.23. The summed E-state index contributed by atoms with van der Waals surface area (Å²) in [5.74, 6) is -1.37. The number of ether oxygens (including phenoxy) is 1. The Morgan fingerprint density at radius 1 is 1.24 bits per heavy atom. The Kier molecular flexibility index (Phi) is 7.10. The maximum absolute atomic E-state index is 12.3. The summed E-state index contributed by atoms with van der Waals surface area (Å²) in [6, 6.07) is 4.42. The van der Waals surface area contributed by atoms with Gasteiger partial charge in [-0.05, 0) is 38.5 Å². The number of rotatable bonds is 8. The minimum absolute atomic E-state index is 0.0245. The summed E-state index contributed by atoms with van der Waals surface area (Å²) in [5.41, 5.74) is 0.274. The second-order valence-electron chi connectivity index (χ2n) is 6.31. The highest BCUT2D eigenvalue weighted by Gasteiger charge is 2.17. The van der Waals surface area contributed by atoms with Crippen LogP contribution in [-0.2, 0) is 20.7 Å². The van der Waals surface area contributed by atoms with Crippen LogP contribution in [0.5, 0.6) is 0 Å². The molecule has 0 heterocycles. The van der Waals surface area contributed by atoms with Crippen LogP contribution in [0.4, 0.5) is 10.5 Å². The number of carbonyl (C=O) groups is 4. The number of hydrogen-bond acceptors (Lipinski definition) is 5. The van der Waals surface area contributed by atoms with E-state index < -0.39 is 17.7 Å². The molecular formula is C17H22N2O6. The van der Waals surface area contributed by atoms with Crippen LogP contribution in [0.3, 0.4) is 0 Å². The van der Waals surface area contributed by atoms with E-state index in [2.05, 4.69) is 10.6 Å². The molecule has 8 nitrogen and oxygen atoms in total. The molecule has 0 spiro atoms. The van der Waals surface area contributed by atoms with Gasteiger partial charge in [-0.15, -0.1) is 0 Å². The first-order valence-corrected chi connectivity index (χ1v) is 7.67. The molecular weight excluding hydrogens is 328 g/mol. The van der Waals surface area contributed by atoms with Crippen molar-refractivity contribution in [3.05, 3.63) is 29.3 Å². The topological polar surface area (TPSA) is 122 Å². The van der Waals surface area contributed by atoms with Gasteiger partial charge in [-0.1, -0.05) is 6.07 Å². The molecule has 0 saturated heterocycles. The van der Waals surface area contributed by atoms with E-state index in [1.807, 2.05) is 0 Å². The number of hydrogen-bond donors (Lipinski definition) is 3. The van der Waals surface area contributed by atoms with Crippen LogP contribution >= 0.6 is 0 Å². The Morgan fingerprint density at radius 2 is 1.92 bits per heavy atom. The van der Waals surface area contributed by atoms with Gasteiger partial charge in [0, 0.05) is 18.5 Å². The second-order valence-corrected chi connectivity index (χ2v) is 6.31. The summed E-state index contributed by atoms with van der Waals surface area (Å²) < 4.78 is 5.07. The fraction of sp³-hybridized carbons (Fsp3) is 0.412. The molecule has 136 valence electrons. The van der Waals surface area contributed by atoms with Crippen LogP contribution in [0.2, 0.25) is 0 Å². The molecule has 8 heteroatoms. The lowest BCUT2D eigenvalue weighted by Crippen LogP contribution is -2.33. The number of amides is 2. The standard InChI is InChI=1S/C17H22N2O6/c1-17(2,3)25-16(24)18-7-6-14(21)12-8-11(9-15(22)23)4-5-13(12)19-10-20/h4-5,8,10H,6-7,9H2,1-3H3,(H,18,24)(H,19,20)(H,22,23). The Bertz CT molecular complexity index is 664. The number of carboxylic acids is 1. The highest BCUT2D eigenvalue weighted by molar-refractivity contribution is 6.03. The van der Waals surface area contributed by atoms with E-state index in [9.17, 15) is 19.2 Å². The largest absolute Gasteiger partial charge is 0.481 e. The number of aliphatic carboxylic acids is 1. The molecule has 0 aliphatic heterocycles. The predicted molar refractivity (Wildman–Crippen MR) is 90.7 cm³/mol. The molecule has 0 radical (unpaired) electrons. The number of nitrogens with one attached hydrogen (secondary N) is 2. The van der Waals surface area contributed by atoms with Gasteiger partial charge in [-0.3, -0.25) is 14.4 Å². The molecule has 0 aliphatic carbocycles. The van der Waals surface area contributed by atoms with E-state index in [1.165, 1.54) is 18.2 Å². The number of carbonyl (C=O) groups excluding carboxylic acids is 3. The van der Waals surface area contributed by atoms with Crippen LogP contribution in [0.1, 0.15) is 43.1 Å². The molecule has 0 bridgehead atoms. The van der Waals surface area contributed by atoms with Crippen molar-refractivity contribution in [1.29, 1.82) is 0 Å². The van der Waals surface area contributed by atoms with E-state index in [0.29, 0.717) is 12.0 Å². The number of alkyl carbamates (subject to hydrolysis) is 1. The van der Waals surface area contributed by atoms with Crippen LogP contribution in [0, 0.1) is 0 Å². The Balaban J connectivity index is 2.76. The summed E-state index contributed by atoms with van der Waals surface area (Å²) in [5, 5.41) is 13.7. The van der Waals surface area contributed by atoms with Crippen LogP contribution in [0.25, 0.3) is 0 Å². The van der Waals surface area contributed by atoms with Crippen molar-refractivity contribution < 1.29 is 29.0 Å². The molecule has 2 amide bonds. The number of anilines is 1. The normalized spacial score (nSPS) is 10.7. The Labute approximate surface area is 145 Å². The first-order valence-electron chi connectivity index (χ1n) is 7.67. The number of ketones is 1. The van der Waals surface area contributed by atoms with Gasteiger partial charge in [0.25, 0.3) is 0 Å². The molecule has 1 aromatic rings. The third kappa shape index (κ3) is 7.47. The van der Waals surface area contributed by atoms with Gasteiger partial charge >= 0.3 is 12.1 Å². The third-order valence-electron chi connectivity index (χ3n) is 2.97. The molecule has 1 aromatic carbocycles. The first-order chi connectivity index (χ1) is 11.6. The van der Waals surface area contributed by atoms with Gasteiger partial charge in [0.15, 0.2) is 5.78 Å². The fourth-order valence-electron chi connectivity index (χ4n) is 2.02. The van der Waals surface area contributed by atoms with Crippen molar-refractivity contribution in [3.63, 3.8) is 0 Å². The van der Waals surface area contributed by atoms with Crippen LogP contribution in [-0.4, -0.2) is 41.5 Å². The van der Waals surface area contributed by atoms with Gasteiger partial charge in [0.05, 0.1) is 12.1 Å². The van der Waals surface area contributed by atoms with E-state index >= 15 is 0 Å². The molecule has 0 fully saturated rings. The predicted octanol–water partition coefficient (Wildman–Crippen LogP) is 1.98. The van der Waals surface area contributed by atoms with Crippen molar-refractivity contribution >= 4 is 29.9 Å². The zero-order valence-corrected chi connectivity index (χ0v) is 14.4. The smallest absolute Gasteiger partial charge is 0.407 e. The molecule has 0 unspecified atom stereocenters. The maximum atomic E-state index is 12.3. The lowest BCUT2D eigenvalue weighted by atomic mass is 10.0. The molecule has 25 heavy (non-hydrogen) atoms. The molecule has 3 N–H and O–H groups in total. The van der Waals surface area contributed by atoms with Crippen molar-refractivity contribution in [2.24, 2.45) is 0 Å². The van der Waals surface area contributed by atoms with Crippen molar-refractivity contribution in [1.82, 2.24) is 5.32 Å². The van der Waals surface area contributed by atoms with E-state index in [-0.39, 0.29) is 36.4 Å². The average Bonchev–Trinajstić information content (AvgIpc) is 2.46. The highest BCUT2D eigenvalue weighted by Crippen LogP contribution is 2.19. The minimum atomic E-state index is -1.03. The van der Waals surface area contributed by atoms with Crippen LogP contribution in [0.15, 0.2) is 18.2 Å². The summed E-state index contributed by atoms with van der Waals surface area (Å²) in [4.78, 5) is 45.4. The zero-order chi connectivity index (χ0) is 19.0. The average molecular weight is 350 g/mol. The lowest BCUT2D eigenvalue weighted by molar-refractivity contribution is -0.136. The van der Waals surface area contributed by atoms with Gasteiger partial charge in [0.1, 0.15) is 5.60 Å².